The predicted molar refractivity (Wildman–Crippen MR) is 118 cm³/mol. The summed E-state index contributed by atoms with van der Waals surface area (Å²) in [5, 5.41) is 9.94. The number of benzene rings is 1. The van der Waals surface area contributed by atoms with Crippen LogP contribution in [0.25, 0.3) is 11.1 Å². The minimum atomic E-state index is -4.51. The minimum absolute atomic E-state index is 0.0720. The van der Waals surface area contributed by atoms with E-state index in [2.05, 4.69) is 15.0 Å². The SMILES string of the molecule is O=c1cc(-c2cccc(Oc3ccc(C(F)(F)F)cn3)c2Cl)ccn1C(CO)c1cnccn1. The van der Waals surface area contributed by atoms with E-state index in [1.54, 1.807) is 18.2 Å². The van der Waals surface area contributed by atoms with Crippen LogP contribution in [0.3, 0.4) is 0 Å². The molecule has 1 aromatic carbocycles. The monoisotopic (exact) mass is 488 g/mol. The minimum Gasteiger partial charge on any atom is -0.437 e. The second-order valence-electron chi connectivity index (χ2n) is 7.09. The maximum absolute atomic E-state index is 12.8. The number of aliphatic hydroxyl groups excluding tert-OH is 1. The molecule has 1 unspecified atom stereocenters. The van der Waals surface area contributed by atoms with Gasteiger partial charge in [-0.1, -0.05) is 23.7 Å². The Balaban J connectivity index is 1.62. The summed E-state index contributed by atoms with van der Waals surface area (Å²) in [5.74, 6) is 0.0839. The number of aliphatic hydroxyl groups is 1. The van der Waals surface area contributed by atoms with Gasteiger partial charge in [-0.15, -0.1) is 0 Å². The number of hydrogen-bond donors (Lipinski definition) is 1. The van der Waals surface area contributed by atoms with Crippen molar-refractivity contribution >= 4 is 11.6 Å². The summed E-state index contributed by atoms with van der Waals surface area (Å²) in [7, 11) is 0. The highest BCUT2D eigenvalue weighted by Crippen LogP contribution is 2.37. The van der Waals surface area contributed by atoms with Crippen LogP contribution in [0, 0.1) is 0 Å². The summed E-state index contributed by atoms with van der Waals surface area (Å²) in [6.45, 7) is -0.359. The lowest BCUT2D eigenvalue weighted by molar-refractivity contribution is -0.137. The largest absolute Gasteiger partial charge is 0.437 e. The Kier molecular flexibility index (Phi) is 6.62. The summed E-state index contributed by atoms with van der Waals surface area (Å²) in [4.78, 5) is 24.6. The molecule has 0 aliphatic heterocycles. The van der Waals surface area contributed by atoms with Gasteiger partial charge in [-0.25, -0.2) is 4.98 Å². The third kappa shape index (κ3) is 4.92. The first-order valence-electron chi connectivity index (χ1n) is 9.87. The molecule has 174 valence electrons. The van der Waals surface area contributed by atoms with Crippen molar-refractivity contribution in [2.45, 2.75) is 12.2 Å². The van der Waals surface area contributed by atoms with Gasteiger partial charge >= 0.3 is 6.18 Å². The first-order valence-corrected chi connectivity index (χ1v) is 10.2. The smallest absolute Gasteiger partial charge is 0.417 e. The third-order valence-electron chi connectivity index (χ3n) is 4.93. The van der Waals surface area contributed by atoms with Crippen LogP contribution in [0.15, 0.2) is 78.2 Å². The van der Waals surface area contributed by atoms with Crippen molar-refractivity contribution in [2.75, 3.05) is 6.61 Å². The van der Waals surface area contributed by atoms with Crippen molar-refractivity contribution in [1.29, 1.82) is 0 Å². The zero-order valence-electron chi connectivity index (χ0n) is 17.3. The molecule has 0 saturated carbocycles. The van der Waals surface area contributed by atoms with Gasteiger partial charge in [0, 0.05) is 42.5 Å². The van der Waals surface area contributed by atoms with E-state index in [4.69, 9.17) is 16.3 Å². The normalized spacial score (nSPS) is 12.4. The topological polar surface area (TPSA) is 90.1 Å². The van der Waals surface area contributed by atoms with Gasteiger partial charge in [-0.05, 0) is 23.8 Å². The van der Waals surface area contributed by atoms with Crippen molar-refractivity contribution in [3.8, 4) is 22.8 Å². The van der Waals surface area contributed by atoms with Gasteiger partial charge in [0.2, 0.25) is 5.88 Å². The van der Waals surface area contributed by atoms with Crippen molar-refractivity contribution in [3.63, 3.8) is 0 Å². The van der Waals surface area contributed by atoms with Crippen molar-refractivity contribution in [1.82, 2.24) is 19.5 Å². The van der Waals surface area contributed by atoms with Crippen LogP contribution in [-0.2, 0) is 6.18 Å². The molecular weight excluding hydrogens is 473 g/mol. The first kappa shape index (κ1) is 23.4. The molecule has 0 spiro atoms. The molecule has 4 aromatic rings. The summed E-state index contributed by atoms with van der Waals surface area (Å²) in [6.07, 6.45) is 2.09. The lowest BCUT2D eigenvalue weighted by atomic mass is 10.1. The molecule has 3 aromatic heterocycles. The predicted octanol–water partition coefficient (Wildman–Crippen LogP) is 4.75. The van der Waals surface area contributed by atoms with Gasteiger partial charge in [-0.2, -0.15) is 13.2 Å². The fraction of sp³-hybridized carbons (Fsp3) is 0.130. The molecule has 34 heavy (non-hydrogen) atoms. The van der Waals surface area contributed by atoms with Gasteiger partial charge in [0.25, 0.3) is 5.56 Å². The van der Waals surface area contributed by atoms with E-state index in [0.29, 0.717) is 23.0 Å². The molecule has 0 bridgehead atoms. The van der Waals surface area contributed by atoms with E-state index in [1.807, 2.05) is 0 Å². The van der Waals surface area contributed by atoms with Gasteiger partial charge in [0.1, 0.15) is 11.8 Å². The lowest BCUT2D eigenvalue weighted by Gasteiger charge is -2.17. The number of aromatic nitrogens is 4. The van der Waals surface area contributed by atoms with Gasteiger partial charge in [0.15, 0.2) is 0 Å². The average Bonchev–Trinajstić information content (AvgIpc) is 2.82. The quantitative estimate of drug-likeness (QED) is 0.421. The highest BCUT2D eigenvalue weighted by Gasteiger charge is 2.30. The molecule has 0 radical (unpaired) electrons. The number of pyridine rings is 2. The zero-order chi connectivity index (χ0) is 24.3. The number of halogens is 4. The van der Waals surface area contributed by atoms with Crippen LogP contribution in [0.1, 0.15) is 17.3 Å². The van der Waals surface area contributed by atoms with Crippen LogP contribution in [0.4, 0.5) is 13.2 Å². The molecule has 11 heteroatoms. The zero-order valence-corrected chi connectivity index (χ0v) is 18.0. The summed E-state index contributed by atoms with van der Waals surface area (Å²) in [5.41, 5.74) is 0.0672. The van der Waals surface area contributed by atoms with Crippen LogP contribution in [0.5, 0.6) is 11.6 Å². The number of rotatable bonds is 6. The Labute approximate surface area is 196 Å². The molecule has 0 amide bonds. The summed E-state index contributed by atoms with van der Waals surface area (Å²) < 4.78 is 45.1. The second kappa shape index (κ2) is 9.62. The van der Waals surface area contributed by atoms with Gasteiger partial charge in [0.05, 0.1) is 29.1 Å². The highest BCUT2D eigenvalue weighted by molar-refractivity contribution is 6.34. The fourth-order valence-electron chi connectivity index (χ4n) is 3.26. The first-order chi connectivity index (χ1) is 16.3. The molecule has 7 nitrogen and oxygen atoms in total. The van der Waals surface area contributed by atoms with E-state index >= 15 is 0 Å². The van der Waals surface area contributed by atoms with E-state index in [1.165, 1.54) is 41.5 Å². The molecule has 1 atom stereocenters. The molecular formula is C23H16ClF3N4O3. The maximum Gasteiger partial charge on any atom is 0.417 e. The standard InChI is InChI=1S/C23H16ClF3N4O3/c24-22-16(2-1-3-19(22)34-20-5-4-15(11-30-20)23(25,26)27)14-6-9-31(21(33)10-14)18(13-32)17-12-28-7-8-29-17/h1-12,18,32H,13H2. The number of nitrogens with zero attached hydrogens (tertiary/aromatic N) is 4. The fourth-order valence-corrected chi connectivity index (χ4v) is 3.53. The molecule has 4 rings (SSSR count). The Morgan fingerprint density at radius 3 is 2.53 bits per heavy atom. The Hall–Kier alpha value is -3.76. The van der Waals surface area contributed by atoms with E-state index in [-0.39, 0.29) is 23.3 Å². The van der Waals surface area contributed by atoms with Crippen molar-refractivity contribution in [2.24, 2.45) is 0 Å². The van der Waals surface area contributed by atoms with Crippen LogP contribution >= 0.6 is 11.6 Å². The third-order valence-corrected chi connectivity index (χ3v) is 5.32. The van der Waals surface area contributed by atoms with E-state index in [9.17, 15) is 23.1 Å². The summed E-state index contributed by atoms with van der Waals surface area (Å²) in [6, 6.07) is 9.04. The Morgan fingerprint density at radius 2 is 1.91 bits per heavy atom. The number of alkyl halides is 3. The van der Waals surface area contributed by atoms with Crippen molar-refractivity contribution < 1.29 is 23.0 Å². The molecule has 0 aliphatic rings. The molecule has 0 aliphatic carbocycles. The van der Waals surface area contributed by atoms with Crippen LogP contribution in [0.2, 0.25) is 5.02 Å². The van der Waals surface area contributed by atoms with E-state index < -0.39 is 23.3 Å². The van der Waals surface area contributed by atoms with Crippen LogP contribution in [-0.4, -0.2) is 31.2 Å². The van der Waals surface area contributed by atoms with Crippen LogP contribution < -0.4 is 10.3 Å². The molecule has 0 saturated heterocycles. The average molecular weight is 489 g/mol. The second-order valence-corrected chi connectivity index (χ2v) is 7.47. The number of ether oxygens (including phenoxy) is 1. The van der Waals surface area contributed by atoms with Gasteiger partial charge < -0.3 is 14.4 Å². The van der Waals surface area contributed by atoms with E-state index in [0.717, 1.165) is 12.1 Å². The summed E-state index contributed by atoms with van der Waals surface area (Å²) >= 11 is 6.48. The lowest BCUT2D eigenvalue weighted by Crippen LogP contribution is -2.27. The van der Waals surface area contributed by atoms with Gasteiger partial charge in [-0.3, -0.25) is 14.8 Å². The Morgan fingerprint density at radius 1 is 1.09 bits per heavy atom. The molecule has 3 heterocycles. The van der Waals surface area contributed by atoms with Crippen molar-refractivity contribution in [3.05, 3.63) is 100 Å². The number of hydrogen-bond acceptors (Lipinski definition) is 6. The highest BCUT2D eigenvalue weighted by atomic mass is 35.5. The maximum atomic E-state index is 12.8. The molecule has 0 fully saturated rings. The Bertz CT molecular complexity index is 1350. The molecule has 1 N–H and O–H groups in total.